The van der Waals surface area contributed by atoms with Crippen LogP contribution in [0, 0.1) is 6.92 Å². The molecule has 4 rings (SSSR count). The highest BCUT2D eigenvalue weighted by atomic mass is 15.3. The summed E-state index contributed by atoms with van der Waals surface area (Å²) in [5.41, 5.74) is 12.2. The van der Waals surface area contributed by atoms with Gasteiger partial charge >= 0.3 is 0 Å². The molecule has 120 valence electrons. The number of nitrogen functional groups attached to an aromatic ring is 1. The number of benzene rings is 1. The standard InChI is InChI=1S/C17H17N7/c1-10-13(8-24(3)21-10)17-12-6-14(18)11(7-16(12)19-9-20-17)15-4-5-23(2)22-15/h4-9H,18H2,1-3H3. The molecule has 0 aliphatic rings. The van der Waals surface area contributed by atoms with E-state index in [2.05, 4.69) is 20.2 Å². The normalized spacial score (nSPS) is 11.3. The molecule has 0 bridgehead atoms. The monoisotopic (exact) mass is 319 g/mol. The fraction of sp³-hybridized carbons (Fsp3) is 0.176. The summed E-state index contributed by atoms with van der Waals surface area (Å²) in [6.07, 6.45) is 5.42. The van der Waals surface area contributed by atoms with Crippen molar-refractivity contribution < 1.29 is 0 Å². The van der Waals surface area contributed by atoms with Gasteiger partial charge in [-0.05, 0) is 25.1 Å². The second-order valence-corrected chi connectivity index (χ2v) is 5.86. The van der Waals surface area contributed by atoms with Crippen LogP contribution in [-0.2, 0) is 14.1 Å². The van der Waals surface area contributed by atoms with Crippen LogP contribution in [0.5, 0.6) is 0 Å². The van der Waals surface area contributed by atoms with E-state index >= 15 is 0 Å². The minimum absolute atomic E-state index is 0.652. The minimum atomic E-state index is 0.652. The fourth-order valence-corrected chi connectivity index (χ4v) is 2.95. The van der Waals surface area contributed by atoms with Crippen LogP contribution in [-0.4, -0.2) is 29.5 Å². The van der Waals surface area contributed by atoms with Crippen LogP contribution >= 0.6 is 0 Å². The van der Waals surface area contributed by atoms with Crippen molar-refractivity contribution in [2.45, 2.75) is 6.92 Å². The van der Waals surface area contributed by atoms with Gasteiger partial charge in [0.15, 0.2) is 0 Å². The minimum Gasteiger partial charge on any atom is -0.398 e. The zero-order valence-corrected chi connectivity index (χ0v) is 13.7. The summed E-state index contributed by atoms with van der Waals surface area (Å²) >= 11 is 0. The summed E-state index contributed by atoms with van der Waals surface area (Å²) in [7, 11) is 3.78. The van der Waals surface area contributed by atoms with Gasteiger partial charge < -0.3 is 5.73 Å². The van der Waals surface area contributed by atoms with Crippen LogP contribution in [0.1, 0.15) is 5.69 Å². The molecule has 2 N–H and O–H groups in total. The molecule has 0 aliphatic carbocycles. The molecule has 7 heteroatoms. The van der Waals surface area contributed by atoms with Gasteiger partial charge in [0.25, 0.3) is 0 Å². The molecule has 3 heterocycles. The van der Waals surface area contributed by atoms with Gasteiger partial charge in [-0.1, -0.05) is 0 Å². The van der Waals surface area contributed by atoms with Crippen LogP contribution in [0.15, 0.2) is 36.9 Å². The molecule has 0 radical (unpaired) electrons. The van der Waals surface area contributed by atoms with Gasteiger partial charge in [-0.3, -0.25) is 9.36 Å². The number of rotatable bonds is 2. The molecule has 0 spiro atoms. The Kier molecular flexibility index (Phi) is 3.09. The summed E-state index contributed by atoms with van der Waals surface area (Å²) in [5.74, 6) is 0. The third-order valence-electron chi connectivity index (χ3n) is 4.06. The van der Waals surface area contributed by atoms with E-state index in [0.29, 0.717) is 5.69 Å². The van der Waals surface area contributed by atoms with Crippen LogP contribution in [0.25, 0.3) is 33.4 Å². The maximum absolute atomic E-state index is 6.29. The number of anilines is 1. The Morgan fingerprint density at radius 1 is 1.00 bits per heavy atom. The molecule has 24 heavy (non-hydrogen) atoms. The Labute approximate surface area is 138 Å². The van der Waals surface area contributed by atoms with Gasteiger partial charge in [-0.25, -0.2) is 9.97 Å². The number of aryl methyl sites for hydroxylation is 3. The van der Waals surface area contributed by atoms with E-state index in [-0.39, 0.29) is 0 Å². The van der Waals surface area contributed by atoms with Crippen molar-refractivity contribution in [2.75, 3.05) is 5.73 Å². The number of hydrogen-bond acceptors (Lipinski definition) is 5. The first kappa shape index (κ1) is 14.4. The van der Waals surface area contributed by atoms with E-state index in [0.717, 1.165) is 39.1 Å². The molecule has 0 aliphatic heterocycles. The number of nitrogens with two attached hydrogens (primary N) is 1. The number of hydrogen-bond donors (Lipinski definition) is 1. The molecule has 1 aromatic carbocycles. The van der Waals surface area contributed by atoms with Gasteiger partial charge in [0, 0.05) is 48.7 Å². The summed E-state index contributed by atoms with van der Waals surface area (Å²) in [5, 5.41) is 9.73. The average Bonchev–Trinajstić information content (AvgIpc) is 3.11. The summed E-state index contributed by atoms with van der Waals surface area (Å²) in [6, 6.07) is 5.82. The van der Waals surface area contributed by atoms with Gasteiger partial charge in [-0.15, -0.1) is 0 Å². The zero-order chi connectivity index (χ0) is 16.8. The molecule has 0 saturated carbocycles. The second kappa shape index (κ2) is 5.16. The molecule has 0 unspecified atom stereocenters. The van der Waals surface area contributed by atoms with E-state index in [1.807, 2.05) is 51.6 Å². The lowest BCUT2D eigenvalue weighted by Gasteiger charge is -2.08. The first-order valence-corrected chi connectivity index (χ1v) is 7.58. The highest BCUT2D eigenvalue weighted by molar-refractivity contribution is 5.98. The van der Waals surface area contributed by atoms with Crippen molar-refractivity contribution in [1.82, 2.24) is 29.5 Å². The first-order chi connectivity index (χ1) is 11.5. The van der Waals surface area contributed by atoms with Gasteiger partial charge in [0.05, 0.1) is 22.6 Å². The lowest BCUT2D eigenvalue weighted by Crippen LogP contribution is -1.96. The largest absolute Gasteiger partial charge is 0.398 e. The number of aromatic nitrogens is 6. The molecular weight excluding hydrogens is 302 g/mol. The predicted molar refractivity (Wildman–Crippen MR) is 93.1 cm³/mol. The quantitative estimate of drug-likeness (QED) is 0.573. The molecule has 4 aromatic rings. The Morgan fingerprint density at radius 2 is 1.83 bits per heavy atom. The highest BCUT2D eigenvalue weighted by Gasteiger charge is 2.15. The Bertz CT molecular complexity index is 1060. The highest BCUT2D eigenvalue weighted by Crippen LogP contribution is 2.33. The van der Waals surface area contributed by atoms with E-state index < -0.39 is 0 Å². The van der Waals surface area contributed by atoms with E-state index in [4.69, 9.17) is 5.73 Å². The molecule has 0 amide bonds. The molecule has 7 nitrogen and oxygen atoms in total. The topological polar surface area (TPSA) is 87.4 Å². The SMILES string of the molecule is Cc1nn(C)cc1-c1ncnc2cc(-c3ccn(C)n3)c(N)cc12. The van der Waals surface area contributed by atoms with E-state index in [1.54, 1.807) is 15.7 Å². The molecule has 0 atom stereocenters. The van der Waals surface area contributed by atoms with Crippen molar-refractivity contribution in [3.63, 3.8) is 0 Å². The van der Waals surface area contributed by atoms with Crippen molar-refractivity contribution in [1.29, 1.82) is 0 Å². The van der Waals surface area contributed by atoms with Crippen LogP contribution in [0.3, 0.4) is 0 Å². The van der Waals surface area contributed by atoms with Gasteiger partial charge in [-0.2, -0.15) is 10.2 Å². The Balaban J connectivity index is 1.96. The molecule has 3 aromatic heterocycles. The molecular formula is C17H17N7. The number of fused-ring (bicyclic) bond motifs is 1. The predicted octanol–water partition coefficient (Wildman–Crippen LogP) is 2.32. The summed E-state index contributed by atoms with van der Waals surface area (Å²) in [6.45, 7) is 1.97. The maximum Gasteiger partial charge on any atom is 0.116 e. The van der Waals surface area contributed by atoms with Crippen LogP contribution in [0.4, 0.5) is 5.69 Å². The Hall–Kier alpha value is -3.22. The maximum atomic E-state index is 6.29. The van der Waals surface area contributed by atoms with Crippen molar-refractivity contribution in [2.24, 2.45) is 14.1 Å². The molecule has 0 saturated heterocycles. The summed E-state index contributed by atoms with van der Waals surface area (Å²) < 4.78 is 3.54. The first-order valence-electron chi connectivity index (χ1n) is 7.58. The van der Waals surface area contributed by atoms with E-state index in [9.17, 15) is 0 Å². The van der Waals surface area contributed by atoms with Gasteiger partial charge in [0.2, 0.25) is 0 Å². The van der Waals surface area contributed by atoms with Crippen molar-refractivity contribution in [3.8, 4) is 22.5 Å². The fourth-order valence-electron chi connectivity index (χ4n) is 2.95. The third-order valence-corrected chi connectivity index (χ3v) is 4.06. The Morgan fingerprint density at radius 3 is 2.50 bits per heavy atom. The van der Waals surface area contributed by atoms with Crippen molar-refractivity contribution in [3.05, 3.63) is 42.6 Å². The number of nitrogens with zero attached hydrogens (tertiary/aromatic N) is 6. The van der Waals surface area contributed by atoms with E-state index in [1.165, 1.54) is 0 Å². The van der Waals surface area contributed by atoms with Crippen molar-refractivity contribution >= 4 is 16.6 Å². The van der Waals surface area contributed by atoms with Gasteiger partial charge in [0.1, 0.15) is 6.33 Å². The summed E-state index contributed by atoms with van der Waals surface area (Å²) in [4.78, 5) is 8.87. The lowest BCUT2D eigenvalue weighted by molar-refractivity contribution is 0.756. The van der Waals surface area contributed by atoms with Crippen LogP contribution < -0.4 is 5.73 Å². The molecule has 0 fully saturated rings. The second-order valence-electron chi connectivity index (χ2n) is 5.86. The third kappa shape index (κ3) is 2.21. The average molecular weight is 319 g/mol. The lowest BCUT2D eigenvalue weighted by atomic mass is 10.0. The zero-order valence-electron chi connectivity index (χ0n) is 13.7. The van der Waals surface area contributed by atoms with Crippen LogP contribution in [0.2, 0.25) is 0 Å². The smallest absolute Gasteiger partial charge is 0.116 e.